The molecule has 0 unspecified atom stereocenters. The van der Waals surface area contributed by atoms with E-state index in [9.17, 15) is 14.4 Å². The van der Waals surface area contributed by atoms with E-state index in [1.165, 1.54) is 9.58 Å². The van der Waals surface area contributed by atoms with Crippen molar-refractivity contribution in [1.29, 1.82) is 0 Å². The third kappa shape index (κ3) is 5.22. The van der Waals surface area contributed by atoms with Gasteiger partial charge in [0.2, 0.25) is 5.91 Å². The molecule has 4 aromatic rings. The number of benzene rings is 2. The summed E-state index contributed by atoms with van der Waals surface area (Å²) in [6.45, 7) is 8.00. The zero-order valence-electron chi connectivity index (χ0n) is 20.9. The zero-order chi connectivity index (χ0) is 26.7. The molecule has 0 fully saturated rings. The number of hydrogen-bond acceptors (Lipinski definition) is 6. The molecule has 0 spiro atoms. The highest BCUT2D eigenvalue weighted by Crippen LogP contribution is 2.22. The standard InChI is InChI=1S/C28H30N6O3/c1-18(2)15-32-19(3)25(27(36)33(28(32)37)17-24(29)35)26(21-11-13-31-14-12-21)34(30)16-22-9-6-8-20-7-4-5-10-23(20)22/h4-14,18H,3,15-17,30H2,1-2H3,(H2,29,35)/b26-25+. The molecule has 2 aromatic carbocycles. The van der Waals surface area contributed by atoms with Gasteiger partial charge in [-0.15, -0.1) is 0 Å². The number of fused-ring (bicyclic) bond motifs is 1. The Morgan fingerprint density at radius 3 is 2.38 bits per heavy atom. The van der Waals surface area contributed by atoms with Gasteiger partial charge in [0, 0.05) is 24.5 Å². The van der Waals surface area contributed by atoms with E-state index in [4.69, 9.17) is 11.6 Å². The minimum absolute atomic E-state index is 0.0691. The normalized spacial score (nSPS) is 12.1. The smallest absolute Gasteiger partial charge is 0.331 e. The van der Waals surface area contributed by atoms with E-state index < -0.39 is 23.7 Å². The van der Waals surface area contributed by atoms with Crippen LogP contribution in [-0.4, -0.2) is 25.0 Å². The van der Waals surface area contributed by atoms with Crippen LogP contribution in [0.3, 0.4) is 0 Å². The molecule has 190 valence electrons. The highest BCUT2D eigenvalue weighted by molar-refractivity contribution is 5.85. The van der Waals surface area contributed by atoms with Crippen LogP contribution in [0.1, 0.15) is 25.0 Å². The first-order chi connectivity index (χ1) is 17.7. The molecule has 0 atom stereocenters. The number of nitrogens with zero attached hydrogens (tertiary/aromatic N) is 4. The molecule has 9 heteroatoms. The van der Waals surface area contributed by atoms with Crippen LogP contribution in [0, 0.1) is 5.92 Å². The number of nitrogens with two attached hydrogens (primary N) is 2. The van der Waals surface area contributed by atoms with Crippen LogP contribution < -0.4 is 33.4 Å². The Bertz CT molecular complexity index is 1680. The summed E-state index contributed by atoms with van der Waals surface area (Å²) in [6.07, 6.45) is 3.19. The molecule has 0 radical (unpaired) electrons. The molecule has 0 aliphatic carbocycles. The first-order valence-electron chi connectivity index (χ1n) is 11.9. The maximum Gasteiger partial charge on any atom is 0.331 e. The maximum absolute atomic E-state index is 13.8. The SMILES string of the molecule is C=c1/c(=C(/c2ccncc2)N(N)Cc2cccc3ccccc23)c(=O)n(CC(N)=O)c(=O)n1CC(C)C. The van der Waals surface area contributed by atoms with Gasteiger partial charge in [-0.3, -0.25) is 23.7 Å². The average Bonchev–Trinajstić information content (AvgIpc) is 2.87. The monoisotopic (exact) mass is 498 g/mol. The molecule has 0 aliphatic heterocycles. The number of carbonyl (C=O) groups excluding carboxylic acids is 1. The van der Waals surface area contributed by atoms with Crippen molar-refractivity contribution in [1.82, 2.24) is 19.1 Å². The molecule has 2 heterocycles. The van der Waals surface area contributed by atoms with Crippen molar-refractivity contribution in [2.24, 2.45) is 17.5 Å². The van der Waals surface area contributed by atoms with Crippen molar-refractivity contribution >= 4 is 29.0 Å². The van der Waals surface area contributed by atoms with Crippen LogP contribution in [0.15, 0.2) is 76.6 Å². The first kappa shape index (κ1) is 25.6. The number of amides is 1. The second kappa shape index (κ2) is 10.6. The van der Waals surface area contributed by atoms with Gasteiger partial charge in [-0.2, -0.15) is 0 Å². The highest BCUT2D eigenvalue weighted by atomic mass is 16.2. The Morgan fingerprint density at radius 1 is 1.03 bits per heavy atom. The van der Waals surface area contributed by atoms with Crippen molar-refractivity contribution in [3.8, 4) is 0 Å². The van der Waals surface area contributed by atoms with Crippen LogP contribution in [0.4, 0.5) is 0 Å². The van der Waals surface area contributed by atoms with E-state index in [1.807, 2.05) is 56.3 Å². The second-order valence-corrected chi connectivity index (χ2v) is 9.32. The number of hydrogen-bond donors (Lipinski definition) is 2. The van der Waals surface area contributed by atoms with Crippen LogP contribution in [0.25, 0.3) is 23.0 Å². The quantitative estimate of drug-likeness (QED) is 0.271. The topological polar surface area (TPSA) is 129 Å². The molecule has 37 heavy (non-hydrogen) atoms. The van der Waals surface area contributed by atoms with Crippen molar-refractivity contribution in [3.05, 3.63) is 110 Å². The number of hydrazine groups is 1. The van der Waals surface area contributed by atoms with E-state index in [-0.39, 0.29) is 23.0 Å². The zero-order valence-corrected chi connectivity index (χ0v) is 20.9. The van der Waals surface area contributed by atoms with Gasteiger partial charge in [0.05, 0.1) is 22.8 Å². The van der Waals surface area contributed by atoms with E-state index in [0.717, 1.165) is 20.9 Å². The summed E-state index contributed by atoms with van der Waals surface area (Å²) in [5.41, 5.74) is 5.99. The van der Waals surface area contributed by atoms with Gasteiger partial charge in [0.1, 0.15) is 6.54 Å². The molecule has 0 saturated carbocycles. The lowest BCUT2D eigenvalue weighted by atomic mass is 10.0. The molecule has 2 aromatic heterocycles. The molecule has 0 saturated heterocycles. The predicted octanol–water partition coefficient (Wildman–Crippen LogP) is 0.642. The van der Waals surface area contributed by atoms with Crippen LogP contribution in [0.2, 0.25) is 0 Å². The Kier molecular flexibility index (Phi) is 7.35. The summed E-state index contributed by atoms with van der Waals surface area (Å²) in [5, 5.41) is 3.90. The fourth-order valence-electron chi connectivity index (χ4n) is 4.48. The Balaban J connectivity index is 2.07. The molecular formula is C28H30N6O3. The predicted molar refractivity (Wildman–Crippen MR) is 144 cm³/mol. The molecule has 0 bridgehead atoms. The molecular weight excluding hydrogens is 468 g/mol. The summed E-state index contributed by atoms with van der Waals surface area (Å²) >= 11 is 0. The van der Waals surface area contributed by atoms with Gasteiger partial charge >= 0.3 is 5.69 Å². The van der Waals surface area contributed by atoms with Crippen LogP contribution >= 0.6 is 0 Å². The largest absolute Gasteiger partial charge is 0.368 e. The lowest BCUT2D eigenvalue weighted by Crippen LogP contribution is -2.61. The number of primary amides is 1. The van der Waals surface area contributed by atoms with Gasteiger partial charge in [0.15, 0.2) is 0 Å². The minimum atomic E-state index is -0.802. The fourth-order valence-corrected chi connectivity index (χ4v) is 4.48. The average molecular weight is 499 g/mol. The van der Waals surface area contributed by atoms with Crippen molar-refractivity contribution < 1.29 is 4.79 Å². The number of pyridine rings is 1. The second-order valence-electron chi connectivity index (χ2n) is 9.32. The van der Waals surface area contributed by atoms with Crippen molar-refractivity contribution in [2.45, 2.75) is 33.5 Å². The number of carbonyl (C=O) groups is 1. The lowest BCUT2D eigenvalue weighted by Gasteiger charge is -2.24. The third-order valence-corrected chi connectivity index (χ3v) is 6.10. The van der Waals surface area contributed by atoms with Gasteiger partial charge in [-0.25, -0.2) is 10.6 Å². The van der Waals surface area contributed by atoms with Gasteiger partial charge < -0.3 is 10.7 Å². The van der Waals surface area contributed by atoms with Crippen molar-refractivity contribution in [2.75, 3.05) is 0 Å². The van der Waals surface area contributed by atoms with Crippen LogP contribution in [0.5, 0.6) is 0 Å². The van der Waals surface area contributed by atoms with E-state index in [2.05, 4.69) is 11.6 Å². The fraction of sp³-hybridized carbons (Fsp3) is 0.214. The highest BCUT2D eigenvalue weighted by Gasteiger charge is 2.19. The Hall–Kier alpha value is -4.50. The number of rotatable bonds is 8. The number of aromatic nitrogens is 3. The van der Waals surface area contributed by atoms with E-state index in [1.54, 1.807) is 24.5 Å². The van der Waals surface area contributed by atoms with Crippen molar-refractivity contribution in [3.63, 3.8) is 0 Å². The molecule has 9 nitrogen and oxygen atoms in total. The van der Waals surface area contributed by atoms with Gasteiger partial charge in [-0.05, 0) is 34.4 Å². The Labute approximate surface area is 213 Å². The molecule has 1 amide bonds. The summed E-state index contributed by atoms with van der Waals surface area (Å²) in [6, 6.07) is 17.4. The van der Waals surface area contributed by atoms with E-state index >= 15 is 0 Å². The van der Waals surface area contributed by atoms with Gasteiger partial charge in [0.25, 0.3) is 5.56 Å². The van der Waals surface area contributed by atoms with Gasteiger partial charge in [-0.1, -0.05) is 62.9 Å². The summed E-state index contributed by atoms with van der Waals surface area (Å²) in [4.78, 5) is 42.8. The Morgan fingerprint density at radius 2 is 1.70 bits per heavy atom. The minimum Gasteiger partial charge on any atom is -0.368 e. The first-order valence-corrected chi connectivity index (χ1v) is 11.9. The lowest BCUT2D eigenvalue weighted by molar-refractivity contribution is -0.118. The summed E-state index contributed by atoms with van der Waals surface area (Å²) < 4.78 is 2.25. The molecule has 4 N–H and O–H groups in total. The van der Waals surface area contributed by atoms with Crippen LogP contribution in [-0.2, 0) is 24.4 Å². The molecule has 0 aliphatic rings. The maximum atomic E-state index is 13.8. The summed E-state index contributed by atoms with van der Waals surface area (Å²) in [5.74, 6) is 5.97. The third-order valence-electron chi connectivity index (χ3n) is 6.10. The van der Waals surface area contributed by atoms with E-state index in [0.29, 0.717) is 17.8 Å². The molecule has 4 rings (SSSR count). The summed E-state index contributed by atoms with van der Waals surface area (Å²) in [7, 11) is 0.